The van der Waals surface area contributed by atoms with Gasteiger partial charge in [-0.05, 0) is 19.4 Å². The molecule has 0 radical (unpaired) electrons. The number of nitrogens with two attached hydrogens (primary N) is 1. The number of piperazine rings is 1. The average Bonchev–Trinajstić information content (AvgIpc) is 2.42. The highest BCUT2D eigenvalue weighted by Crippen LogP contribution is 2.12. The molecule has 0 aromatic rings. The molecule has 1 saturated heterocycles. The molecule has 102 valence electrons. The Morgan fingerprint density at radius 2 is 2.06 bits per heavy atom. The van der Waals surface area contributed by atoms with Crippen molar-refractivity contribution in [2.75, 3.05) is 39.3 Å². The Labute approximate surface area is 110 Å². The van der Waals surface area contributed by atoms with Gasteiger partial charge in [-0.3, -0.25) is 9.69 Å². The van der Waals surface area contributed by atoms with Crippen molar-refractivity contribution >= 4 is 5.91 Å². The fourth-order valence-electron chi connectivity index (χ4n) is 2.26. The third-order valence-electron chi connectivity index (χ3n) is 3.49. The van der Waals surface area contributed by atoms with Crippen LogP contribution in [0.2, 0.25) is 0 Å². The minimum absolute atomic E-state index is 0.0826. The van der Waals surface area contributed by atoms with Gasteiger partial charge in [0.2, 0.25) is 5.91 Å². The molecule has 2 N–H and O–H groups in total. The van der Waals surface area contributed by atoms with E-state index in [4.69, 9.17) is 11.0 Å². The van der Waals surface area contributed by atoms with E-state index in [2.05, 4.69) is 11.0 Å². The first-order chi connectivity index (χ1) is 8.69. The number of carbonyl (C=O) groups excluding carboxylic acids is 1. The van der Waals surface area contributed by atoms with Gasteiger partial charge >= 0.3 is 0 Å². The van der Waals surface area contributed by atoms with Crippen molar-refractivity contribution in [3.63, 3.8) is 0 Å². The first kappa shape index (κ1) is 14.9. The van der Waals surface area contributed by atoms with E-state index in [-0.39, 0.29) is 11.8 Å². The van der Waals surface area contributed by atoms with Crippen LogP contribution in [0.25, 0.3) is 0 Å². The first-order valence-electron chi connectivity index (χ1n) is 6.77. The molecule has 1 heterocycles. The maximum atomic E-state index is 12.1. The molecule has 1 aliphatic rings. The Bertz CT molecular complexity index is 292. The van der Waals surface area contributed by atoms with Crippen LogP contribution in [0.4, 0.5) is 0 Å². The van der Waals surface area contributed by atoms with Gasteiger partial charge in [0.25, 0.3) is 0 Å². The fourth-order valence-corrected chi connectivity index (χ4v) is 2.26. The molecule has 1 unspecified atom stereocenters. The lowest BCUT2D eigenvalue weighted by atomic mass is 10.0. The molecule has 1 amide bonds. The van der Waals surface area contributed by atoms with E-state index in [0.29, 0.717) is 13.0 Å². The summed E-state index contributed by atoms with van der Waals surface area (Å²) in [7, 11) is 0. The topological polar surface area (TPSA) is 73.4 Å². The summed E-state index contributed by atoms with van der Waals surface area (Å²) < 4.78 is 0. The number of nitriles is 1. The summed E-state index contributed by atoms with van der Waals surface area (Å²) in [5.41, 5.74) is 5.46. The van der Waals surface area contributed by atoms with Gasteiger partial charge in [-0.1, -0.05) is 6.92 Å². The predicted molar refractivity (Wildman–Crippen MR) is 70.7 cm³/mol. The Morgan fingerprint density at radius 3 is 2.61 bits per heavy atom. The maximum absolute atomic E-state index is 12.1. The molecule has 0 saturated carbocycles. The smallest absolute Gasteiger partial charge is 0.225 e. The van der Waals surface area contributed by atoms with Crippen molar-refractivity contribution in [1.82, 2.24) is 9.80 Å². The molecule has 1 atom stereocenters. The van der Waals surface area contributed by atoms with E-state index in [9.17, 15) is 4.79 Å². The van der Waals surface area contributed by atoms with Gasteiger partial charge in [-0.2, -0.15) is 5.26 Å². The zero-order valence-electron chi connectivity index (χ0n) is 11.3. The van der Waals surface area contributed by atoms with Crippen LogP contribution in [-0.2, 0) is 4.79 Å². The Balaban J connectivity index is 2.29. The van der Waals surface area contributed by atoms with E-state index >= 15 is 0 Å². The molecule has 18 heavy (non-hydrogen) atoms. The van der Waals surface area contributed by atoms with Crippen molar-refractivity contribution in [3.8, 4) is 6.07 Å². The number of nitrogens with zero attached hydrogens (tertiary/aromatic N) is 3. The van der Waals surface area contributed by atoms with E-state index in [1.807, 2.05) is 11.8 Å². The third-order valence-corrected chi connectivity index (χ3v) is 3.49. The largest absolute Gasteiger partial charge is 0.340 e. The zero-order valence-corrected chi connectivity index (χ0v) is 11.3. The van der Waals surface area contributed by atoms with Gasteiger partial charge < -0.3 is 10.6 Å². The van der Waals surface area contributed by atoms with Crippen LogP contribution < -0.4 is 5.73 Å². The predicted octanol–water partition coefficient (Wildman–Crippen LogP) is 0.419. The Kier molecular flexibility index (Phi) is 6.69. The van der Waals surface area contributed by atoms with Gasteiger partial charge in [0.1, 0.15) is 0 Å². The highest BCUT2D eigenvalue weighted by molar-refractivity contribution is 5.78. The number of hydrogen-bond donors (Lipinski definition) is 1. The molecule has 1 aliphatic heterocycles. The van der Waals surface area contributed by atoms with Crippen molar-refractivity contribution in [2.45, 2.75) is 26.2 Å². The molecular weight excluding hydrogens is 228 g/mol. The van der Waals surface area contributed by atoms with E-state index in [1.165, 1.54) is 0 Å². The molecule has 1 rings (SSSR count). The molecule has 5 heteroatoms. The van der Waals surface area contributed by atoms with Crippen LogP contribution in [0.15, 0.2) is 0 Å². The van der Waals surface area contributed by atoms with Gasteiger partial charge in [0.05, 0.1) is 6.07 Å². The summed E-state index contributed by atoms with van der Waals surface area (Å²) >= 11 is 0. The second-order valence-corrected chi connectivity index (χ2v) is 4.91. The van der Waals surface area contributed by atoms with Crippen molar-refractivity contribution in [1.29, 1.82) is 5.26 Å². The second kappa shape index (κ2) is 8.06. The van der Waals surface area contributed by atoms with E-state index in [0.717, 1.165) is 45.6 Å². The molecule has 0 aromatic heterocycles. The molecule has 0 spiro atoms. The van der Waals surface area contributed by atoms with E-state index in [1.54, 1.807) is 0 Å². The van der Waals surface area contributed by atoms with Gasteiger partial charge in [-0.25, -0.2) is 0 Å². The van der Waals surface area contributed by atoms with Gasteiger partial charge in [0.15, 0.2) is 0 Å². The van der Waals surface area contributed by atoms with Crippen molar-refractivity contribution < 1.29 is 4.79 Å². The summed E-state index contributed by atoms with van der Waals surface area (Å²) in [4.78, 5) is 16.3. The van der Waals surface area contributed by atoms with E-state index < -0.39 is 0 Å². The zero-order chi connectivity index (χ0) is 13.4. The normalized spacial score (nSPS) is 18.4. The minimum atomic E-state index is 0.0826. The number of rotatable bonds is 6. The van der Waals surface area contributed by atoms with Crippen LogP contribution in [0, 0.1) is 17.2 Å². The van der Waals surface area contributed by atoms with Crippen molar-refractivity contribution in [3.05, 3.63) is 0 Å². The molecule has 5 nitrogen and oxygen atoms in total. The van der Waals surface area contributed by atoms with Gasteiger partial charge in [0, 0.05) is 45.1 Å². The molecule has 0 bridgehead atoms. The van der Waals surface area contributed by atoms with Gasteiger partial charge in [-0.15, -0.1) is 0 Å². The highest BCUT2D eigenvalue weighted by atomic mass is 16.2. The minimum Gasteiger partial charge on any atom is -0.340 e. The Hall–Kier alpha value is -1.12. The fraction of sp³-hybridized carbons (Fsp3) is 0.846. The second-order valence-electron chi connectivity index (χ2n) is 4.91. The van der Waals surface area contributed by atoms with Crippen molar-refractivity contribution in [2.24, 2.45) is 11.7 Å². The summed E-state index contributed by atoms with van der Waals surface area (Å²) in [5, 5.41) is 8.54. The highest BCUT2D eigenvalue weighted by Gasteiger charge is 2.24. The maximum Gasteiger partial charge on any atom is 0.225 e. The van der Waals surface area contributed by atoms with Crippen LogP contribution in [-0.4, -0.2) is 55.0 Å². The standard InChI is InChI=1S/C13H24N4O/c1-12(4-2-5-14)13(18)17-10-8-16(9-11-17)7-3-6-15/h12H,2-5,7-11,14H2,1H3. The number of carbonyl (C=O) groups is 1. The molecule has 0 aromatic carbocycles. The summed E-state index contributed by atoms with van der Waals surface area (Å²) in [6.07, 6.45) is 2.36. The Morgan fingerprint density at radius 1 is 1.39 bits per heavy atom. The third kappa shape index (κ3) is 4.63. The lowest BCUT2D eigenvalue weighted by molar-refractivity contribution is -0.137. The summed E-state index contributed by atoms with van der Waals surface area (Å²) in [6, 6.07) is 2.16. The van der Waals surface area contributed by atoms with Crippen LogP contribution in [0.1, 0.15) is 26.2 Å². The molecule has 1 fully saturated rings. The molecular formula is C13H24N4O. The monoisotopic (exact) mass is 252 g/mol. The number of amides is 1. The average molecular weight is 252 g/mol. The summed E-state index contributed by atoms with van der Waals surface area (Å²) in [6.45, 7) is 6.81. The van der Waals surface area contributed by atoms with Crippen LogP contribution >= 0.6 is 0 Å². The quantitative estimate of drug-likeness (QED) is 0.743. The number of hydrogen-bond acceptors (Lipinski definition) is 4. The SMILES string of the molecule is CC(CCCN)C(=O)N1CCN(CCC#N)CC1. The first-order valence-corrected chi connectivity index (χ1v) is 6.77. The summed E-state index contributed by atoms with van der Waals surface area (Å²) in [5.74, 6) is 0.336. The van der Waals surface area contributed by atoms with Crippen LogP contribution in [0.3, 0.4) is 0 Å². The lowest BCUT2D eigenvalue weighted by Gasteiger charge is -2.35. The molecule has 0 aliphatic carbocycles. The van der Waals surface area contributed by atoms with Crippen LogP contribution in [0.5, 0.6) is 0 Å². The lowest BCUT2D eigenvalue weighted by Crippen LogP contribution is -2.50.